The molecule has 9 heteroatoms. The van der Waals surface area contributed by atoms with Crippen molar-refractivity contribution in [2.75, 3.05) is 22.9 Å². The molecule has 164 valence electrons. The minimum Gasteiger partial charge on any atom is -0.480 e. The number of hydrogen-bond acceptors (Lipinski definition) is 5. The molecule has 1 aromatic rings. The number of benzene rings is 1. The van der Waals surface area contributed by atoms with Crippen molar-refractivity contribution in [3.63, 3.8) is 0 Å². The lowest BCUT2D eigenvalue weighted by Crippen LogP contribution is -2.55. The fraction of sp³-hybridized carbons (Fsp3) is 0.524. The zero-order valence-electron chi connectivity index (χ0n) is 18.2. The average molecular weight is 419 g/mol. The highest BCUT2D eigenvalue weighted by Crippen LogP contribution is 2.35. The van der Waals surface area contributed by atoms with Crippen LogP contribution in [0.4, 0.5) is 16.2 Å². The number of para-hydroxylation sites is 2. The Morgan fingerprint density at radius 1 is 1.10 bits per heavy atom. The second kappa shape index (κ2) is 8.33. The lowest BCUT2D eigenvalue weighted by Gasteiger charge is -2.31. The molecule has 2 N–H and O–H groups in total. The first-order chi connectivity index (χ1) is 13.7. The number of nitrogens with one attached hydrogen (secondary N) is 1. The maximum atomic E-state index is 13.2. The summed E-state index contributed by atoms with van der Waals surface area (Å²) in [7, 11) is 0. The highest BCUT2D eigenvalue weighted by atomic mass is 16.6. The fourth-order valence-corrected chi connectivity index (χ4v) is 3.04. The maximum absolute atomic E-state index is 13.2. The van der Waals surface area contributed by atoms with Crippen molar-refractivity contribution in [2.24, 2.45) is 5.41 Å². The molecular formula is C21H29N3O6. The van der Waals surface area contributed by atoms with Crippen LogP contribution in [0.15, 0.2) is 24.3 Å². The van der Waals surface area contributed by atoms with Crippen molar-refractivity contribution >= 4 is 35.3 Å². The minimum absolute atomic E-state index is 0.151. The molecule has 0 fully saturated rings. The van der Waals surface area contributed by atoms with Crippen LogP contribution in [0.2, 0.25) is 0 Å². The van der Waals surface area contributed by atoms with Gasteiger partial charge >= 0.3 is 12.1 Å². The van der Waals surface area contributed by atoms with E-state index in [2.05, 4.69) is 5.32 Å². The molecule has 1 aliphatic heterocycles. The Hall–Kier alpha value is -3.10. The predicted octanol–water partition coefficient (Wildman–Crippen LogP) is 2.39. The first kappa shape index (κ1) is 23.2. The van der Waals surface area contributed by atoms with Gasteiger partial charge in [-0.3, -0.25) is 19.3 Å². The molecule has 0 spiro atoms. The Labute approximate surface area is 176 Å². The molecule has 9 nitrogen and oxygen atoms in total. The van der Waals surface area contributed by atoms with E-state index in [1.54, 1.807) is 65.8 Å². The molecule has 30 heavy (non-hydrogen) atoms. The van der Waals surface area contributed by atoms with E-state index >= 15 is 0 Å². The van der Waals surface area contributed by atoms with Crippen LogP contribution in [-0.2, 0) is 19.1 Å². The van der Waals surface area contributed by atoms with Gasteiger partial charge in [-0.1, -0.05) is 32.9 Å². The number of amides is 3. The summed E-state index contributed by atoms with van der Waals surface area (Å²) in [6.07, 6.45) is -0.828. The number of aliphatic carboxylic acids is 1. The van der Waals surface area contributed by atoms with Crippen molar-refractivity contribution in [1.82, 2.24) is 5.32 Å². The summed E-state index contributed by atoms with van der Waals surface area (Å²) in [5.74, 6) is -2.12. The van der Waals surface area contributed by atoms with Crippen molar-refractivity contribution in [1.29, 1.82) is 0 Å². The van der Waals surface area contributed by atoms with Gasteiger partial charge in [0, 0.05) is 5.41 Å². The van der Waals surface area contributed by atoms with Crippen LogP contribution in [0.3, 0.4) is 0 Å². The Bertz CT molecular complexity index is 853. The van der Waals surface area contributed by atoms with Gasteiger partial charge in [0.15, 0.2) is 0 Å². The highest BCUT2D eigenvalue weighted by molar-refractivity contribution is 6.10. The fourth-order valence-electron chi connectivity index (χ4n) is 3.04. The smallest absolute Gasteiger partial charge is 0.408 e. The van der Waals surface area contributed by atoms with Gasteiger partial charge in [-0.05, 0) is 32.9 Å². The van der Waals surface area contributed by atoms with Gasteiger partial charge < -0.3 is 20.1 Å². The lowest BCUT2D eigenvalue weighted by atomic mass is 9.94. The van der Waals surface area contributed by atoms with Gasteiger partial charge in [-0.15, -0.1) is 0 Å². The highest BCUT2D eigenvalue weighted by Gasteiger charge is 2.40. The van der Waals surface area contributed by atoms with E-state index in [4.69, 9.17) is 4.74 Å². The molecular weight excluding hydrogens is 390 g/mol. The first-order valence-electron chi connectivity index (χ1n) is 9.64. The van der Waals surface area contributed by atoms with Gasteiger partial charge in [0.2, 0.25) is 5.91 Å². The number of rotatable bonds is 3. The number of anilines is 2. The van der Waals surface area contributed by atoms with Crippen LogP contribution in [0, 0.1) is 5.41 Å². The van der Waals surface area contributed by atoms with Gasteiger partial charge in [0.25, 0.3) is 5.91 Å². The van der Waals surface area contributed by atoms with Crippen LogP contribution < -0.4 is 15.1 Å². The minimum atomic E-state index is -1.22. The molecule has 0 bridgehead atoms. The van der Waals surface area contributed by atoms with Gasteiger partial charge in [-0.25, -0.2) is 4.79 Å². The number of hydrogen-bond donors (Lipinski definition) is 2. The average Bonchev–Trinajstić information content (AvgIpc) is 2.69. The molecule has 0 aliphatic carbocycles. The van der Waals surface area contributed by atoms with E-state index in [-0.39, 0.29) is 18.1 Å². The third-order valence-corrected chi connectivity index (χ3v) is 4.26. The maximum Gasteiger partial charge on any atom is 0.408 e. The number of nitrogens with zero attached hydrogens (tertiary/aromatic N) is 2. The predicted molar refractivity (Wildman–Crippen MR) is 111 cm³/mol. The summed E-state index contributed by atoms with van der Waals surface area (Å²) in [5, 5.41) is 11.8. The zero-order chi connectivity index (χ0) is 22.9. The number of carboxylic acid groups (broad SMARTS) is 1. The lowest BCUT2D eigenvalue weighted by molar-refractivity contribution is -0.137. The third kappa shape index (κ3) is 5.49. The monoisotopic (exact) mass is 419 g/mol. The molecule has 3 amide bonds. The van der Waals surface area contributed by atoms with Crippen LogP contribution in [0.5, 0.6) is 0 Å². The number of carbonyl (C=O) groups is 4. The summed E-state index contributed by atoms with van der Waals surface area (Å²) in [5.41, 5.74) is -0.867. The standard InChI is InChI=1S/C21H29N3O6/c1-20(2,3)18(28)24-11-13(22-19(29)30-21(4,5)6)17(27)23(12-16(25)26)14-9-7-8-10-15(14)24/h7-10,13H,11-12H2,1-6H3,(H,22,29)(H,25,26). The van der Waals surface area contributed by atoms with Gasteiger partial charge in [0.05, 0.1) is 17.9 Å². The van der Waals surface area contributed by atoms with Crippen LogP contribution in [0.1, 0.15) is 41.5 Å². The molecule has 0 aromatic heterocycles. The number of fused-ring (bicyclic) bond motifs is 1. The summed E-state index contributed by atoms with van der Waals surface area (Å²) in [6, 6.07) is 5.40. The van der Waals surface area contributed by atoms with Gasteiger partial charge in [-0.2, -0.15) is 0 Å². The normalized spacial score (nSPS) is 17.1. The van der Waals surface area contributed by atoms with Crippen LogP contribution >= 0.6 is 0 Å². The van der Waals surface area contributed by atoms with E-state index in [0.29, 0.717) is 5.69 Å². The third-order valence-electron chi connectivity index (χ3n) is 4.26. The van der Waals surface area contributed by atoms with E-state index in [1.165, 1.54) is 4.90 Å². The second-order valence-corrected chi connectivity index (χ2v) is 9.17. The van der Waals surface area contributed by atoms with Gasteiger partial charge in [0.1, 0.15) is 18.2 Å². The summed E-state index contributed by atoms with van der Waals surface area (Å²) in [4.78, 5) is 52.6. The van der Waals surface area contributed by atoms with Crippen molar-refractivity contribution in [3.05, 3.63) is 24.3 Å². The van der Waals surface area contributed by atoms with Crippen LogP contribution in [-0.4, -0.2) is 53.7 Å². The molecule has 1 aliphatic rings. The Morgan fingerprint density at radius 3 is 2.17 bits per heavy atom. The molecule has 1 heterocycles. The molecule has 1 unspecified atom stereocenters. The number of ether oxygens (including phenoxy) is 1. The van der Waals surface area contributed by atoms with E-state index < -0.39 is 41.6 Å². The second-order valence-electron chi connectivity index (χ2n) is 9.17. The molecule has 0 saturated heterocycles. The number of alkyl carbamates (subject to hydrolysis) is 1. The number of carboxylic acids is 1. The van der Waals surface area contributed by atoms with E-state index in [1.807, 2.05) is 0 Å². The largest absolute Gasteiger partial charge is 0.480 e. The van der Waals surface area contributed by atoms with Crippen molar-refractivity contribution < 1.29 is 29.0 Å². The zero-order valence-corrected chi connectivity index (χ0v) is 18.2. The SMILES string of the molecule is CC(C)(C)OC(=O)NC1CN(C(=O)C(C)(C)C)c2ccccc2N(CC(=O)O)C1=O. The Balaban J connectivity index is 2.53. The molecule has 2 rings (SSSR count). The quantitative estimate of drug-likeness (QED) is 0.777. The first-order valence-corrected chi connectivity index (χ1v) is 9.64. The molecule has 1 atom stereocenters. The summed E-state index contributed by atoms with van der Waals surface area (Å²) in [6.45, 7) is 9.53. The van der Waals surface area contributed by atoms with Crippen LogP contribution in [0.25, 0.3) is 0 Å². The molecule has 1 aromatic carbocycles. The van der Waals surface area contributed by atoms with Crippen molar-refractivity contribution in [3.8, 4) is 0 Å². The summed E-state index contributed by atoms with van der Waals surface area (Å²) >= 11 is 0. The van der Waals surface area contributed by atoms with E-state index in [0.717, 1.165) is 4.90 Å². The topological polar surface area (TPSA) is 116 Å². The molecule has 0 radical (unpaired) electrons. The van der Waals surface area contributed by atoms with E-state index in [9.17, 15) is 24.3 Å². The number of carbonyl (C=O) groups excluding carboxylic acids is 3. The molecule has 0 saturated carbocycles. The Morgan fingerprint density at radius 2 is 1.67 bits per heavy atom. The van der Waals surface area contributed by atoms with Crippen molar-refractivity contribution in [2.45, 2.75) is 53.2 Å². The summed E-state index contributed by atoms with van der Waals surface area (Å²) < 4.78 is 5.25. The Kier molecular flexibility index (Phi) is 6.44.